The Balaban J connectivity index is 1.89. The van der Waals surface area contributed by atoms with E-state index in [0.717, 1.165) is 22.6 Å². The van der Waals surface area contributed by atoms with Crippen molar-refractivity contribution in [3.8, 4) is 5.75 Å². The van der Waals surface area contributed by atoms with Gasteiger partial charge in [0.2, 0.25) is 0 Å². The van der Waals surface area contributed by atoms with Crippen LogP contribution in [0.1, 0.15) is 16.5 Å². The van der Waals surface area contributed by atoms with E-state index in [2.05, 4.69) is 21.2 Å². The van der Waals surface area contributed by atoms with Crippen LogP contribution in [-0.4, -0.2) is 5.11 Å². The quantitative estimate of drug-likeness (QED) is 0.700. The van der Waals surface area contributed by atoms with Gasteiger partial charge in [0.05, 0.1) is 10.0 Å². The molecule has 2 aromatic carbocycles. The van der Waals surface area contributed by atoms with Crippen molar-refractivity contribution in [2.45, 2.75) is 16.4 Å². The van der Waals surface area contributed by atoms with Crippen LogP contribution in [-0.2, 0) is 6.18 Å². The van der Waals surface area contributed by atoms with Crippen LogP contribution in [0.5, 0.6) is 5.75 Å². The average Bonchev–Trinajstić information content (AvgIpc) is 2.83. The topological polar surface area (TPSA) is 32.3 Å². The predicted octanol–water partition coefficient (Wildman–Crippen LogP) is 5.39. The molecule has 2 N–H and O–H groups in total. The highest BCUT2D eigenvalue weighted by molar-refractivity contribution is 9.10. The van der Waals surface area contributed by atoms with E-state index < -0.39 is 11.7 Å². The Morgan fingerprint density at radius 3 is 2.57 bits per heavy atom. The van der Waals surface area contributed by atoms with Gasteiger partial charge in [0.15, 0.2) is 0 Å². The second-order valence-electron chi connectivity index (χ2n) is 4.56. The van der Waals surface area contributed by atoms with Gasteiger partial charge in [-0.2, -0.15) is 13.2 Å². The second kappa shape index (κ2) is 5.14. The molecule has 1 unspecified atom stereocenters. The fourth-order valence-electron chi connectivity index (χ4n) is 2.06. The maximum absolute atomic E-state index is 12.7. The molecule has 0 fully saturated rings. The van der Waals surface area contributed by atoms with Gasteiger partial charge in [-0.25, -0.2) is 0 Å². The summed E-state index contributed by atoms with van der Waals surface area (Å²) in [6.45, 7) is 0. The zero-order chi connectivity index (χ0) is 15.2. The summed E-state index contributed by atoms with van der Waals surface area (Å²) in [6.07, 6.45) is -4.35. The molecule has 2 aromatic rings. The molecule has 0 saturated heterocycles. The molecule has 2 nitrogen and oxygen atoms in total. The number of fused-ring (bicyclic) bond motifs is 1. The van der Waals surface area contributed by atoms with Crippen molar-refractivity contribution >= 4 is 33.4 Å². The first-order valence-electron chi connectivity index (χ1n) is 5.97. The van der Waals surface area contributed by atoms with E-state index in [1.807, 2.05) is 0 Å². The Kier molecular flexibility index (Phi) is 3.57. The van der Waals surface area contributed by atoms with Crippen LogP contribution in [0.4, 0.5) is 18.9 Å². The molecular weight excluding hydrogens is 367 g/mol. The molecule has 7 heteroatoms. The summed E-state index contributed by atoms with van der Waals surface area (Å²) >= 11 is 4.67. The van der Waals surface area contributed by atoms with Crippen LogP contribution in [0.3, 0.4) is 0 Å². The van der Waals surface area contributed by atoms with Gasteiger partial charge < -0.3 is 10.4 Å². The van der Waals surface area contributed by atoms with E-state index in [4.69, 9.17) is 0 Å². The largest absolute Gasteiger partial charge is 0.507 e. The molecule has 0 spiro atoms. The molecule has 0 radical (unpaired) electrons. The molecule has 1 aliphatic rings. The zero-order valence-electron chi connectivity index (χ0n) is 10.4. The fourth-order valence-corrected chi connectivity index (χ4v) is 3.57. The number of rotatable bonds is 1. The van der Waals surface area contributed by atoms with Gasteiger partial charge in [-0.05, 0) is 51.8 Å². The second-order valence-corrected chi connectivity index (χ2v) is 6.56. The highest BCUT2D eigenvalue weighted by Crippen LogP contribution is 2.48. The van der Waals surface area contributed by atoms with Crippen molar-refractivity contribution in [3.05, 3.63) is 52.0 Å². The van der Waals surface area contributed by atoms with Crippen LogP contribution in [0.2, 0.25) is 0 Å². The fraction of sp³-hybridized carbons (Fsp3) is 0.143. The number of phenolic OH excluding ortho intramolecular Hbond substituents is 1. The molecule has 110 valence electrons. The summed E-state index contributed by atoms with van der Waals surface area (Å²) in [6, 6.07) is 8.72. The predicted molar refractivity (Wildman–Crippen MR) is 79.5 cm³/mol. The van der Waals surface area contributed by atoms with E-state index in [1.54, 1.807) is 18.2 Å². The molecule has 1 aliphatic heterocycles. The molecule has 0 saturated carbocycles. The van der Waals surface area contributed by atoms with E-state index in [1.165, 1.54) is 17.8 Å². The van der Waals surface area contributed by atoms with Crippen molar-refractivity contribution in [1.82, 2.24) is 0 Å². The molecule has 0 aliphatic carbocycles. The van der Waals surface area contributed by atoms with Crippen molar-refractivity contribution in [3.63, 3.8) is 0 Å². The Morgan fingerprint density at radius 2 is 1.90 bits per heavy atom. The number of hydrogen-bond acceptors (Lipinski definition) is 3. The van der Waals surface area contributed by atoms with E-state index in [0.29, 0.717) is 10.2 Å². The summed E-state index contributed by atoms with van der Waals surface area (Å²) in [5, 5.41) is 12.4. The summed E-state index contributed by atoms with van der Waals surface area (Å²) in [5.74, 6) is 0.124. The molecule has 0 amide bonds. The van der Waals surface area contributed by atoms with Gasteiger partial charge in [0.1, 0.15) is 11.1 Å². The van der Waals surface area contributed by atoms with Crippen molar-refractivity contribution in [2.75, 3.05) is 5.32 Å². The summed E-state index contributed by atoms with van der Waals surface area (Å²) in [5.41, 5.74) is 0.681. The number of halogens is 4. The maximum Gasteiger partial charge on any atom is 0.416 e. The molecule has 3 rings (SSSR count). The Bertz CT molecular complexity index is 705. The first-order chi connectivity index (χ1) is 9.84. The molecule has 0 bridgehead atoms. The standard InChI is InChI=1S/C14H9BrF3NOS/c15-9-5-7(1-3-11(9)20)13-19-10-6-8(14(16,17)18)2-4-12(10)21-13/h1-6,13,19-20H. The van der Waals surface area contributed by atoms with Gasteiger partial charge in [0, 0.05) is 10.6 Å². The van der Waals surface area contributed by atoms with Crippen LogP contribution in [0, 0.1) is 0 Å². The Labute approximate surface area is 131 Å². The van der Waals surface area contributed by atoms with E-state index >= 15 is 0 Å². The monoisotopic (exact) mass is 375 g/mol. The SMILES string of the molecule is Oc1ccc(C2Nc3cc(C(F)(F)F)ccc3S2)cc1Br. The van der Waals surface area contributed by atoms with Gasteiger partial charge in [-0.15, -0.1) is 0 Å². The van der Waals surface area contributed by atoms with Crippen LogP contribution in [0.15, 0.2) is 45.8 Å². The van der Waals surface area contributed by atoms with Crippen molar-refractivity contribution in [2.24, 2.45) is 0 Å². The number of aromatic hydroxyl groups is 1. The molecule has 21 heavy (non-hydrogen) atoms. The van der Waals surface area contributed by atoms with Crippen LogP contribution >= 0.6 is 27.7 Å². The van der Waals surface area contributed by atoms with Gasteiger partial charge in [0.25, 0.3) is 0 Å². The Hall–Kier alpha value is -1.34. The zero-order valence-corrected chi connectivity index (χ0v) is 12.8. The van der Waals surface area contributed by atoms with Crippen LogP contribution < -0.4 is 5.32 Å². The first-order valence-corrected chi connectivity index (χ1v) is 7.65. The molecule has 0 aromatic heterocycles. The third-order valence-electron chi connectivity index (χ3n) is 3.11. The number of hydrogen-bond donors (Lipinski definition) is 2. The minimum Gasteiger partial charge on any atom is -0.507 e. The normalized spacial score (nSPS) is 17.4. The molecule has 1 atom stereocenters. The van der Waals surface area contributed by atoms with Crippen molar-refractivity contribution in [1.29, 1.82) is 0 Å². The van der Waals surface area contributed by atoms with Crippen LogP contribution in [0.25, 0.3) is 0 Å². The summed E-state index contributed by atoms with van der Waals surface area (Å²) < 4.78 is 38.7. The minimum absolute atomic E-state index is 0.124. The highest BCUT2D eigenvalue weighted by atomic mass is 79.9. The lowest BCUT2D eigenvalue weighted by Crippen LogP contribution is -2.06. The maximum atomic E-state index is 12.7. The lowest BCUT2D eigenvalue weighted by atomic mass is 10.1. The number of phenols is 1. The average molecular weight is 376 g/mol. The van der Waals surface area contributed by atoms with Crippen molar-refractivity contribution < 1.29 is 18.3 Å². The number of benzene rings is 2. The lowest BCUT2D eigenvalue weighted by molar-refractivity contribution is -0.137. The third-order valence-corrected chi connectivity index (χ3v) is 4.98. The number of nitrogens with one attached hydrogen (secondary N) is 1. The summed E-state index contributed by atoms with van der Waals surface area (Å²) in [7, 11) is 0. The molecular formula is C14H9BrF3NOS. The third kappa shape index (κ3) is 2.85. The first kappa shape index (κ1) is 14.6. The van der Waals surface area contributed by atoms with E-state index in [9.17, 15) is 18.3 Å². The highest BCUT2D eigenvalue weighted by Gasteiger charge is 2.33. The summed E-state index contributed by atoms with van der Waals surface area (Å²) in [4.78, 5) is 0.775. The molecule has 1 heterocycles. The lowest BCUT2D eigenvalue weighted by Gasteiger charge is -2.12. The van der Waals surface area contributed by atoms with Gasteiger partial charge >= 0.3 is 6.18 Å². The number of thioether (sulfide) groups is 1. The van der Waals surface area contributed by atoms with E-state index in [-0.39, 0.29) is 11.1 Å². The van der Waals surface area contributed by atoms with Gasteiger partial charge in [-0.3, -0.25) is 0 Å². The number of alkyl halides is 3. The van der Waals surface area contributed by atoms with Gasteiger partial charge in [-0.1, -0.05) is 17.8 Å². The smallest absolute Gasteiger partial charge is 0.416 e. The number of anilines is 1. The minimum atomic E-state index is -4.35. The Morgan fingerprint density at radius 1 is 1.14 bits per heavy atom.